The fraction of sp³-hybridized carbons (Fsp3) is 0.152. The SMILES string of the molecule is CCOc1cc(C2C(C#N)=C(N)Oc3cc(OC(=O)COc4ccc(F)cc4)ccc32)ccc1OCc1ccc(F)cc1. The lowest BCUT2D eigenvalue weighted by Gasteiger charge is -2.27. The molecule has 1 unspecified atom stereocenters. The summed E-state index contributed by atoms with van der Waals surface area (Å²) >= 11 is 0. The molecule has 10 heteroatoms. The first-order valence-corrected chi connectivity index (χ1v) is 13.3. The molecule has 1 aliphatic rings. The van der Waals surface area contributed by atoms with Crippen LogP contribution in [0.15, 0.2) is 96.4 Å². The van der Waals surface area contributed by atoms with Crippen molar-refractivity contribution >= 4 is 5.97 Å². The average molecular weight is 585 g/mol. The number of esters is 1. The summed E-state index contributed by atoms with van der Waals surface area (Å²) < 4.78 is 54.6. The van der Waals surface area contributed by atoms with Crippen LogP contribution in [-0.4, -0.2) is 19.2 Å². The Kier molecular flexibility index (Phi) is 8.72. The Morgan fingerprint density at radius 1 is 0.884 bits per heavy atom. The van der Waals surface area contributed by atoms with Crippen molar-refractivity contribution in [3.05, 3.63) is 125 Å². The second kappa shape index (κ2) is 13.0. The number of fused-ring (bicyclic) bond motifs is 1. The van der Waals surface area contributed by atoms with Gasteiger partial charge in [-0.15, -0.1) is 0 Å². The third kappa shape index (κ3) is 6.85. The maximum Gasteiger partial charge on any atom is 0.349 e. The van der Waals surface area contributed by atoms with E-state index in [1.807, 2.05) is 6.92 Å². The zero-order valence-electron chi connectivity index (χ0n) is 23.0. The number of hydrogen-bond donors (Lipinski definition) is 1. The van der Waals surface area contributed by atoms with Crippen LogP contribution in [0.25, 0.3) is 0 Å². The number of carbonyl (C=O) groups is 1. The number of ether oxygens (including phenoxy) is 5. The van der Waals surface area contributed by atoms with Crippen molar-refractivity contribution < 1.29 is 37.3 Å². The molecule has 0 bridgehead atoms. The molecular formula is C33H26F2N2O6. The molecule has 8 nitrogen and oxygen atoms in total. The molecule has 5 rings (SSSR count). The molecule has 4 aromatic rings. The van der Waals surface area contributed by atoms with Crippen molar-refractivity contribution in [1.29, 1.82) is 5.26 Å². The molecule has 0 saturated heterocycles. The van der Waals surface area contributed by atoms with Crippen LogP contribution in [0.5, 0.6) is 28.7 Å². The molecule has 0 spiro atoms. The van der Waals surface area contributed by atoms with Gasteiger partial charge >= 0.3 is 5.97 Å². The Hall–Kier alpha value is -5.56. The molecule has 218 valence electrons. The number of nitrogens with two attached hydrogens (primary N) is 1. The average Bonchev–Trinajstić information content (AvgIpc) is 3.00. The molecule has 1 aliphatic heterocycles. The molecule has 43 heavy (non-hydrogen) atoms. The number of carbonyl (C=O) groups excluding carboxylic acids is 1. The zero-order valence-corrected chi connectivity index (χ0v) is 23.0. The molecule has 0 fully saturated rings. The van der Waals surface area contributed by atoms with E-state index >= 15 is 0 Å². The van der Waals surface area contributed by atoms with E-state index in [1.165, 1.54) is 42.5 Å². The minimum atomic E-state index is -0.685. The summed E-state index contributed by atoms with van der Waals surface area (Å²) in [5.41, 5.74) is 8.45. The summed E-state index contributed by atoms with van der Waals surface area (Å²) in [7, 11) is 0. The molecule has 4 aromatic carbocycles. The van der Waals surface area contributed by atoms with Crippen LogP contribution in [-0.2, 0) is 11.4 Å². The van der Waals surface area contributed by atoms with E-state index in [0.29, 0.717) is 40.7 Å². The van der Waals surface area contributed by atoms with E-state index in [2.05, 4.69) is 6.07 Å². The van der Waals surface area contributed by atoms with Crippen molar-refractivity contribution in [1.82, 2.24) is 0 Å². The van der Waals surface area contributed by atoms with Crippen molar-refractivity contribution in [2.24, 2.45) is 5.73 Å². The fourth-order valence-corrected chi connectivity index (χ4v) is 4.51. The second-order valence-electron chi connectivity index (χ2n) is 9.40. The quantitative estimate of drug-likeness (QED) is 0.175. The van der Waals surface area contributed by atoms with Crippen LogP contribution in [0.1, 0.15) is 29.5 Å². The number of rotatable bonds is 10. The van der Waals surface area contributed by atoms with Gasteiger partial charge in [-0.05, 0) is 72.6 Å². The Morgan fingerprint density at radius 2 is 1.58 bits per heavy atom. The summed E-state index contributed by atoms with van der Waals surface area (Å²) in [6, 6.07) is 23.5. The van der Waals surface area contributed by atoms with Crippen LogP contribution < -0.4 is 29.4 Å². The maximum absolute atomic E-state index is 13.3. The van der Waals surface area contributed by atoms with Crippen molar-refractivity contribution in [3.63, 3.8) is 0 Å². The zero-order chi connectivity index (χ0) is 30.3. The standard InChI is InChI=1S/C33H26F2N2O6/c1-2-39-30-15-21(5-14-28(30)41-18-20-3-6-22(34)7-4-20)32-26-13-12-25(16-29(26)43-33(37)27(32)17-36)42-31(38)19-40-24-10-8-23(35)9-11-24/h3-16,32H,2,18-19,37H2,1H3. The summed E-state index contributed by atoms with van der Waals surface area (Å²) in [5.74, 6) is -0.398. The third-order valence-corrected chi connectivity index (χ3v) is 6.50. The van der Waals surface area contributed by atoms with E-state index in [1.54, 1.807) is 42.5 Å². The highest BCUT2D eigenvalue weighted by Gasteiger charge is 2.32. The number of allylic oxidation sites excluding steroid dienone is 1. The summed E-state index contributed by atoms with van der Waals surface area (Å²) in [5, 5.41) is 9.96. The summed E-state index contributed by atoms with van der Waals surface area (Å²) in [4.78, 5) is 12.4. The van der Waals surface area contributed by atoms with Gasteiger partial charge in [-0.2, -0.15) is 5.26 Å². The van der Waals surface area contributed by atoms with Gasteiger partial charge in [-0.1, -0.05) is 24.3 Å². The minimum absolute atomic E-state index is 0.0854. The van der Waals surface area contributed by atoms with Gasteiger partial charge in [-0.25, -0.2) is 13.6 Å². The largest absolute Gasteiger partial charge is 0.490 e. The molecule has 0 aliphatic carbocycles. The van der Waals surface area contributed by atoms with Crippen molar-refractivity contribution in [3.8, 4) is 34.8 Å². The van der Waals surface area contributed by atoms with Gasteiger partial charge in [0.1, 0.15) is 47.1 Å². The van der Waals surface area contributed by atoms with Gasteiger partial charge < -0.3 is 29.4 Å². The second-order valence-corrected chi connectivity index (χ2v) is 9.40. The van der Waals surface area contributed by atoms with E-state index in [4.69, 9.17) is 29.4 Å². The smallest absolute Gasteiger partial charge is 0.349 e. The highest BCUT2D eigenvalue weighted by molar-refractivity contribution is 5.74. The van der Waals surface area contributed by atoms with E-state index < -0.39 is 24.3 Å². The van der Waals surface area contributed by atoms with Gasteiger partial charge in [0.15, 0.2) is 18.1 Å². The molecule has 0 amide bonds. The van der Waals surface area contributed by atoms with Crippen LogP contribution in [0, 0.1) is 23.0 Å². The van der Waals surface area contributed by atoms with E-state index in [9.17, 15) is 18.8 Å². The third-order valence-electron chi connectivity index (χ3n) is 6.50. The van der Waals surface area contributed by atoms with Crippen molar-refractivity contribution in [2.45, 2.75) is 19.4 Å². The minimum Gasteiger partial charge on any atom is -0.490 e. The monoisotopic (exact) mass is 584 g/mol. The Balaban J connectivity index is 1.36. The fourth-order valence-electron chi connectivity index (χ4n) is 4.51. The van der Waals surface area contributed by atoms with E-state index in [-0.39, 0.29) is 29.6 Å². The number of nitriles is 1. The Bertz CT molecular complexity index is 1700. The van der Waals surface area contributed by atoms with Gasteiger partial charge in [0, 0.05) is 11.6 Å². The molecule has 1 heterocycles. The predicted octanol–water partition coefficient (Wildman–Crippen LogP) is 6.15. The van der Waals surface area contributed by atoms with Crippen LogP contribution >= 0.6 is 0 Å². The van der Waals surface area contributed by atoms with Gasteiger partial charge in [0.2, 0.25) is 5.88 Å². The number of benzene rings is 4. The van der Waals surface area contributed by atoms with Crippen molar-refractivity contribution in [2.75, 3.05) is 13.2 Å². The number of hydrogen-bond acceptors (Lipinski definition) is 8. The lowest BCUT2D eigenvalue weighted by Crippen LogP contribution is -2.22. The number of halogens is 2. The first kappa shape index (κ1) is 29.0. The summed E-state index contributed by atoms with van der Waals surface area (Å²) in [6.07, 6.45) is 0. The van der Waals surface area contributed by atoms with E-state index in [0.717, 1.165) is 5.56 Å². The Morgan fingerprint density at radius 3 is 2.28 bits per heavy atom. The highest BCUT2D eigenvalue weighted by Crippen LogP contribution is 2.45. The maximum atomic E-state index is 13.3. The first-order chi connectivity index (χ1) is 20.8. The first-order valence-electron chi connectivity index (χ1n) is 13.3. The van der Waals surface area contributed by atoms with Gasteiger partial charge in [-0.3, -0.25) is 0 Å². The highest BCUT2D eigenvalue weighted by atomic mass is 19.1. The van der Waals surface area contributed by atoms with Crippen LogP contribution in [0.3, 0.4) is 0 Å². The lowest BCUT2D eigenvalue weighted by molar-refractivity contribution is -0.136. The van der Waals surface area contributed by atoms with Crippen LogP contribution in [0.2, 0.25) is 0 Å². The lowest BCUT2D eigenvalue weighted by atomic mass is 9.83. The molecular weight excluding hydrogens is 558 g/mol. The molecule has 0 saturated carbocycles. The predicted molar refractivity (Wildman–Crippen MR) is 152 cm³/mol. The summed E-state index contributed by atoms with van der Waals surface area (Å²) in [6.45, 7) is 2.00. The normalized spacial score (nSPS) is 13.8. The molecule has 1 atom stereocenters. The molecule has 0 radical (unpaired) electrons. The van der Waals surface area contributed by atoms with Crippen LogP contribution in [0.4, 0.5) is 8.78 Å². The van der Waals surface area contributed by atoms with Gasteiger partial charge in [0.25, 0.3) is 0 Å². The topological polar surface area (TPSA) is 113 Å². The Labute approximate surface area is 246 Å². The molecule has 0 aromatic heterocycles. The molecule has 2 N–H and O–H groups in total. The van der Waals surface area contributed by atoms with Gasteiger partial charge in [0.05, 0.1) is 12.5 Å². The number of nitrogens with zero attached hydrogens (tertiary/aromatic N) is 1.